The highest BCUT2D eigenvalue weighted by molar-refractivity contribution is 5.30. The third kappa shape index (κ3) is 2.46. The Bertz CT molecular complexity index is 420. The molecule has 2 atom stereocenters. The van der Waals surface area contributed by atoms with E-state index in [4.69, 9.17) is 0 Å². The fraction of sp³-hybridized carbons (Fsp3) is 0.706. The van der Waals surface area contributed by atoms with Crippen LogP contribution < -0.4 is 0 Å². The van der Waals surface area contributed by atoms with Gasteiger partial charge in [-0.05, 0) is 47.1 Å². The molecule has 0 radical (unpaired) electrons. The third-order valence-corrected chi connectivity index (χ3v) is 4.40. The molecule has 2 unspecified atom stereocenters. The Morgan fingerprint density at radius 3 is 2.28 bits per heavy atom. The first kappa shape index (κ1) is 13.6. The number of hydrogen-bond acceptors (Lipinski definition) is 1. The highest BCUT2D eigenvalue weighted by Crippen LogP contribution is 2.52. The lowest BCUT2D eigenvalue weighted by atomic mass is 9.58. The van der Waals surface area contributed by atoms with E-state index < -0.39 is 0 Å². The highest BCUT2D eigenvalue weighted by atomic mass is 14.7. The van der Waals surface area contributed by atoms with Crippen LogP contribution in [0.2, 0.25) is 0 Å². The molecule has 0 saturated heterocycles. The summed E-state index contributed by atoms with van der Waals surface area (Å²) in [5.74, 6) is 1.36. The molecule has 1 nitrogen and oxygen atoms in total. The first-order valence-electron chi connectivity index (χ1n) is 7.15. The normalized spacial score (nSPS) is 24.8. The Morgan fingerprint density at radius 1 is 1.06 bits per heavy atom. The fourth-order valence-corrected chi connectivity index (χ4v) is 3.62. The lowest BCUT2D eigenvalue weighted by molar-refractivity contribution is 0.108. The molecule has 0 spiro atoms. The molecule has 0 saturated carbocycles. The van der Waals surface area contributed by atoms with Gasteiger partial charge < -0.3 is 0 Å². The van der Waals surface area contributed by atoms with Crippen molar-refractivity contribution in [3.63, 3.8) is 0 Å². The van der Waals surface area contributed by atoms with Gasteiger partial charge in [0.05, 0.1) is 0 Å². The number of nitrogens with zero attached hydrogens (tertiary/aromatic N) is 1. The number of rotatable bonds is 0. The summed E-state index contributed by atoms with van der Waals surface area (Å²) in [6.45, 7) is 14.3. The summed E-state index contributed by atoms with van der Waals surface area (Å²) in [6.07, 6.45) is 4.36. The second-order valence-corrected chi connectivity index (χ2v) is 7.89. The van der Waals surface area contributed by atoms with E-state index in [0.717, 1.165) is 12.3 Å². The van der Waals surface area contributed by atoms with Crippen LogP contribution in [0.5, 0.6) is 0 Å². The molecule has 1 aliphatic carbocycles. The summed E-state index contributed by atoms with van der Waals surface area (Å²) in [6, 6.07) is 4.40. The molecule has 0 amide bonds. The number of hydrogen-bond donors (Lipinski definition) is 0. The number of aryl methyl sites for hydroxylation is 1. The number of pyridine rings is 1. The van der Waals surface area contributed by atoms with Crippen molar-refractivity contribution >= 4 is 0 Å². The van der Waals surface area contributed by atoms with Gasteiger partial charge in [-0.2, -0.15) is 0 Å². The molecule has 2 rings (SSSR count). The Balaban J connectivity index is 2.50. The van der Waals surface area contributed by atoms with Gasteiger partial charge in [0.2, 0.25) is 0 Å². The molecule has 0 N–H and O–H groups in total. The summed E-state index contributed by atoms with van der Waals surface area (Å²) in [4.78, 5) is 4.60. The molecule has 18 heavy (non-hydrogen) atoms. The second-order valence-electron chi connectivity index (χ2n) is 7.89. The molecule has 1 aromatic heterocycles. The quantitative estimate of drug-likeness (QED) is 0.638. The Hall–Kier alpha value is -0.850. The molecule has 0 fully saturated rings. The molecule has 1 aliphatic rings. The van der Waals surface area contributed by atoms with E-state index in [1.54, 1.807) is 0 Å². The average molecular weight is 245 g/mol. The van der Waals surface area contributed by atoms with Crippen LogP contribution in [-0.2, 0) is 6.42 Å². The van der Waals surface area contributed by atoms with Crippen molar-refractivity contribution in [3.05, 3.63) is 29.6 Å². The third-order valence-electron chi connectivity index (χ3n) is 4.40. The van der Waals surface area contributed by atoms with E-state index in [9.17, 15) is 0 Å². The lowest BCUT2D eigenvalue weighted by Gasteiger charge is -2.47. The van der Waals surface area contributed by atoms with E-state index in [1.165, 1.54) is 17.7 Å². The summed E-state index contributed by atoms with van der Waals surface area (Å²) >= 11 is 0. The largest absolute Gasteiger partial charge is 0.261 e. The van der Waals surface area contributed by atoms with Crippen LogP contribution >= 0.6 is 0 Å². The zero-order valence-corrected chi connectivity index (χ0v) is 12.7. The average Bonchev–Trinajstić information content (AvgIpc) is 2.24. The molecule has 1 aromatic rings. The topological polar surface area (TPSA) is 12.9 Å². The van der Waals surface area contributed by atoms with Crippen molar-refractivity contribution in [3.8, 4) is 0 Å². The van der Waals surface area contributed by atoms with Gasteiger partial charge in [0.25, 0.3) is 0 Å². The molecule has 0 aliphatic heterocycles. The van der Waals surface area contributed by atoms with Crippen LogP contribution in [0.25, 0.3) is 0 Å². The number of fused-ring (bicyclic) bond motifs is 1. The lowest BCUT2D eigenvalue weighted by Crippen LogP contribution is -2.38. The maximum atomic E-state index is 4.60. The Kier molecular flexibility index (Phi) is 3.29. The van der Waals surface area contributed by atoms with Crippen LogP contribution in [0.3, 0.4) is 0 Å². The SMILES string of the molecule is CC(C)(C)C1CCc2ncccc2C1C(C)(C)C. The van der Waals surface area contributed by atoms with Crippen LogP contribution in [0, 0.1) is 16.7 Å². The Morgan fingerprint density at radius 2 is 1.72 bits per heavy atom. The molecule has 0 aromatic carbocycles. The first-order chi connectivity index (χ1) is 8.21. The fourth-order valence-electron chi connectivity index (χ4n) is 3.62. The van der Waals surface area contributed by atoms with Gasteiger partial charge in [-0.1, -0.05) is 47.6 Å². The predicted octanol–water partition coefficient (Wildman–Crippen LogP) is 4.82. The van der Waals surface area contributed by atoms with E-state index in [-0.39, 0.29) is 0 Å². The van der Waals surface area contributed by atoms with E-state index in [1.807, 2.05) is 6.20 Å². The summed E-state index contributed by atoms with van der Waals surface area (Å²) in [7, 11) is 0. The van der Waals surface area contributed by atoms with Crippen molar-refractivity contribution < 1.29 is 0 Å². The maximum Gasteiger partial charge on any atom is 0.0438 e. The van der Waals surface area contributed by atoms with Gasteiger partial charge in [0.1, 0.15) is 0 Å². The molecule has 1 heterocycles. The van der Waals surface area contributed by atoms with Crippen LogP contribution in [0.4, 0.5) is 0 Å². The van der Waals surface area contributed by atoms with Crippen LogP contribution in [-0.4, -0.2) is 4.98 Å². The molecule has 0 bridgehead atoms. The molecular weight excluding hydrogens is 218 g/mol. The van der Waals surface area contributed by atoms with Gasteiger partial charge in [0, 0.05) is 11.9 Å². The smallest absolute Gasteiger partial charge is 0.0438 e. The van der Waals surface area contributed by atoms with Gasteiger partial charge in [-0.25, -0.2) is 0 Å². The monoisotopic (exact) mass is 245 g/mol. The minimum atomic E-state index is 0.302. The zero-order chi connectivity index (χ0) is 13.6. The predicted molar refractivity (Wildman–Crippen MR) is 77.7 cm³/mol. The molecular formula is C17H27N. The van der Waals surface area contributed by atoms with Crippen molar-refractivity contribution in [2.45, 2.75) is 60.3 Å². The van der Waals surface area contributed by atoms with Crippen LogP contribution in [0.15, 0.2) is 18.3 Å². The highest BCUT2D eigenvalue weighted by Gasteiger charge is 2.42. The van der Waals surface area contributed by atoms with Crippen molar-refractivity contribution in [1.82, 2.24) is 4.98 Å². The Labute approximate surface area is 112 Å². The molecule has 100 valence electrons. The minimum Gasteiger partial charge on any atom is -0.261 e. The van der Waals surface area contributed by atoms with E-state index in [2.05, 4.69) is 58.7 Å². The van der Waals surface area contributed by atoms with Crippen molar-refractivity contribution in [2.75, 3.05) is 0 Å². The zero-order valence-electron chi connectivity index (χ0n) is 12.7. The van der Waals surface area contributed by atoms with Gasteiger partial charge in [-0.15, -0.1) is 0 Å². The number of aromatic nitrogens is 1. The molecule has 1 heteroatoms. The van der Waals surface area contributed by atoms with Crippen molar-refractivity contribution in [2.24, 2.45) is 16.7 Å². The minimum absolute atomic E-state index is 0.302. The van der Waals surface area contributed by atoms with Crippen molar-refractivity contribution in [1.29, 1.82) is 0 Å². The van der Waals surface area contributed by atoms with E-state index in [0.29, 0.717) is 16.7 Å². The van der Waals surface area contributed by atoms with Gasteiger partial charge in [-0.3, -0.25) is 4.98 Å². The second kappa shape index (κ2) is 4.36. The summed E-state index contributed by atoms with van der Waals surface area (Å²) in [5, 5.41) is 0. The summed E-state index contributed by atoms with van der Waals surface area (Å²) in [5.41, 5.74) is 3.50. The summed E-state index contributed by atoms with van der Waals surface area (Å²) < 4.78 is 0. The van der Waals surface area contributed by atoms with Crippen LogP contribution in [0.1, 0.15) is 65.1 Å². The standard InChI is InChI=1S/C17H27N/c1-16(2,3)13-9-10-14-12(8-7-11-18-14)15(13)17(4,5)6/h7-8,11,13,15H,9-10H2,1-6H3. The maximum absolute atomic E-state index is 4.60. The first-order valence-corrected chi connectivity index (χ1v) is 7.15. The van der Waals surface area contributed by atoms with Gasteiger partial charge >= 0.3 is 0 Å². The van der Waals surface area contributed by atoms with E-state index >= 15 is 0 Å². The van der Waals surface area contributed by atoms with Gasteiger partial charge in [0.15, 0.2) is 0 Å².